The molecular formula is C14H10FN3O2. The van der Waals surface area contributed by atoms with E-state index in [0.29, 0.717) is 11.4 Å². The maximum atomic E-state index is 13.1. The summed E-state index contributed by atoms with van der Waals surface area (Å²) in [7, 11) is 0. The molecule has 2 aromatic carbocycles. The number of phenols is 1. The topological polar surface area (TPSA) is 85.2 Å². The molecule has 0 bridgehead atoms. The summed E-state index contributed by atoms with van der Waals surface area (Å²) in [6, 6.07) is 10.8. The fourth-order valence-electron chi connectivity index (χ4n) is 1.53. The first kappa shape index (κ1) is 13.4. The van der Waals surface area contributed by atoms with Gasteiger partial charge in [0.25, 0.3) is 0 Å². The van der Waals surface area contributed by atoms with Gasteiger partial charge < -0.3 is 15.7 Å². The summed E-state index contributed by atoms with van der Waals surface area (Å²) in [5.74, 6) is -0.551. The smallest absolute Gasteiger partial charge is 0.323 e. The van der Waals surface area contributed by atoms with Gasteiger partial charge in [-0.2, -0.15) is 5.26 Å². The van der Waals surface area contributed by atoms with Gasteiger partial charge in [0.05, 0.1) is 5.56 Å². The van der Waals surface area contributed by atoms with Crippen molar-refractivity contribution in [2.24, 2.45) is 0 Å². The van der Waals surface area contributed by atoms with Gasteiger partial charge in [-0.3, -0.25) is 0 Å². The van der Waals surface area contributed by atoms with Crippen molar-refractivity contribution in [1.82, 2.24) is 0 Å². The number of nitriles is 1. The number of amides is 2. The summed E-state index contributed by atoms with van der Waals surface area (Å²) in [6.07, 6.45) is 0. The average molecular weight is 271 g/mol. The lowest BCUT2D eigenvalue weighted by molar-refractivity contribution is 0.262. The molecule has 6 heteroatoms. The number of anilines is 2. The lowest BCUT2D eigenvalue weighted by Crippen LogP contribution is -2.19. The minimum atomic E-state index is -0.642. The Morgan fingerprint density at radius 3 is 2.35 bits per heavy atom. The van der Waals surface area contributed by atoms with Crippen LogP contribution in [-0.4, -0.2) is 11.1 Å². The highest BCUT2D eigenvalue weighted by molar-refractivity contribution is 5.99. The first-order valence-electron chi connectivity index (χ1n) is 5.65. The first-order chi connectivity index (χ1) is 9.58. The molecule has 5 nitrogen and oxygen atoms in total. The minimum absolute atomic E-state index is 0.0909. The number of carbonyl (C=O) groups is 1. The molecule has 0 aliphatic rings. The zero-order valence-electron chi connectivity index (χ0n) is 10.2. The number of aromatic hydroxyl groups is 1. The van der Waals surface area contributed by atoms with Gasteiger partial charge in [-0.1, -0.05) is 0 Å². The molecule has 0 unspecified atom stereocenters. The normalized spacial score (nSPS) is 9.60. The lowest BCUT2D eigenvalue weighted by atomic mass is 10.2. The molecule has 0 saturated carbocycles. The van der Waals surface area contributed by atoms with Gasteiger partial charge in [-0.15, -0.1) is 0 Å². The Hall–Kier alpha value is -3.07. The molecule has 20 heavy (non-hydrogen) atoms. The van der Waals surface area contributed by atoms with Gasteiger partial charge in [0.15, 0.2) is 0 Å². The second-order valence-electron chi connectivity index (χ2n) is 3.93. The molecule has 0 aliphatic carbocycles. The maximum Gasteiger partial charge on any atom is 0.323 e. The highest BCUT2D eigenvalue weighted by Crippen LogP contribution is 2.16. The molecule has 100 valence electrons. The SMILES string of the molecule is N#Cc1cc(NC(=O)Nc2ccc(O)cc2)ccc1F. The van der Waals surface area contributed by atoms with Crippen molar-refractivity contribution < 1.29 is 14.3 Å². The predicted molar refractivity (Wildman–Crippen MR) is 71.9 cm³/mol. The third kappa shape index (κ3) is 3.23. The van der Waals surface area contributed by atoms with Crippen LogP contribution in [0.15, 0.2) is 42.5 Å². The van der Waals surface area contributed by atoms with Crippen molar-refractivity contribution in [3.63, 3.8) is 0 Å². The standard InChI is InChI=1S/C14H10FN3O2/c15-13-6-3-11(7-9(13)8-16)18-14(20)17-10-1-4-12(19)5-2-10/h1-7,19H,(H2,17,18,20). The van der Waals surface area contributed by atoms with Crippen LogP contribution in [0.1, 0.15) is 5.56 Å². The quantitative estimate of drug-likeness (QED) is 0.734. The zero-order valence-corrected chi connectivity index (χ0v) is 10.2. The van der Waals surface area contributed by atoms with Crippen molar-refractivity contribution in [2.45, 2.75) is 0 Å². The molecule has 0 aliphatic heterocycles. The maximum absolute atomic E-state index is 13.1. The van der Waals surface area contributed by atoms with E-state index in [9.17, 15) is 9.18 Å². The van der Waals surface area contributed by atoms with E-state index < -0.39 is 11.8 Å². The van der Waals surface area contributed by atoms with Crippen molar-refractivity contribution in [1.29, 1.82) is 5.26 Å². The number of nitrogens with zero attached hydrogens (tertiary/aromatic N) is 1. The Balaban J connectivity index is 2.05. The van der Waals surface area contributed by atoms with E-state index >= 15 is 0 Å². The fourth-order valence-corrected chi connectivity index (χ4v) is 1.53. The second kappa shape index (κ2) is 5.71. The minimum Gasteiger partial charge on any atom is -0.508 e. The Kier molecular flexibility index (Phi) is 3.82. The van der Waals surface area contributed by atoms with Gasteiger partial charge in [0.1, 0.15) is 17.6 Å². The molecule has 0 aromatic heterocycles. The molecule has 3 N–H and O–H groups in total. The van der Waals surface area contributed by atoms with E-state index in [1.54, 1.807) is 6.07 Å². The molecule has 0 saturated heterocycles. The Bertz CT molecular complexity index is 678. The number of rotatable bonds is 2. The summed E-state index contributed by atoms with van der Waals surface area (Å²) in [5.41, 5.74) is 0.648. The van der Waals surface area contributed by atoms with Crippen molar-refractivity contribution in [3.05, 3.63) is 53.8 Å². The number of hydrogen-bond acceptors (Lipinski definition) is 3. The summed E-state index contributed by atoms with van der Waals surface area (Å²) in [6.45, 7) is 0. The van der Waals surface area contributed by atoms with Crippen LogP contribution in [0.5, 0.6) is 5.75 Å². The number of nitrogens with one attached hydrogen (secondary N) is 2. The van der Waals surface area contributed by atoms with E-state index in [0.717, 1.165) is 6.07 Å². The molecule has 0 spiro atoms. The number of benzene rings is 2. The van der Waals surface area contributed by atoms with Crippen LogP contribution in [0.2, 0.25) is 0 Å². The van der Waals surface area contributed by atoms with Crippen LogP contribution in [0, 0.1) is 17.1 Å². The van der Waals surface area contributed by atoms with Crippen LogP contribution in [0.3, 0.4) is 0 Å². The number of carbonyl (C=O) groups excluding carboxylic acids is 1. The molecule has 0 radical (unpaired) electrons. The summed E-state index contributed by atoms with van der Waals surface area (Å²) in [4.78, 5) is 11.7. The first-order valence-corrected chi connectivity index (χ1v) is 5.65. The summed E-state index contributed by atoms with van der Waals surface area (Å²) < 4.78 is 13.1. The third-order valence-electron chi connectivity index (χ3n) is 2.47. The average Bonchev–Trinajstić information content (AvgIpc) is 2.43. The van der Waals surface area contributed by atoms with Crippen molar-refractivity contribution in [3.8, 4) is 11.8 Å². The van der Waals surface area contributed by atoms with Gasteiger partial charge in [-0.05, 0) is 42.5 Å². The van der Waals surface area contributed by atoms with E-state index in [1.807, 2.05) is 0 Å². The highest BCUT2D eigenvalue weighted by Gasteiger charge is 2.06. The second-order valence-corrected chi connectivity index (χ2v) is 3.93. The van der Waals surface area contributed by atoms with Crippen LogP contribution in [0.4, 0.5) is 20.6 Å². The van der Waals surface area contributed by atoms with Gasteiger partial charge >= 0.3 is 6.03 Å². The van der Waals surface area contributed by atoms with E-state index in [1.165, 1.54) is 36.4 Å². The van der Waals surface area contributed by atoms with Gasteiger partial charge in [0.2, 0.25) is 0 Å². The molecule has 2 aromatic rings. The zero-order chi connectivity index (χ0) is 14.5. The summed E-state index contributed by atoms with van der Waals surface area (Å²) in [5, 5.41) is 22.8. The summed E-state index contributed by atoms with van der Waals surface area (Å²) >= 11 is 0. The van der Waals surface area contributed by atoms with E-state index in [2.05, 4.69) is 10.6 Å². The van der Waals surface area contributed by atoms with Crippen LogP contribution in [0.25, 0.3) is 0 Å². The highest BCUT2D eigenvalue weighted by atomic mass is 19.1. The van der Waals surface area contributed by atoms with E-state index in [-0.39, 0.29) is 11.3 Å². The molecule has 2 amide bonds. The largest absolute Gasteiger partial charge is 0.508 e. The number of hydrogen-bond donors (Lipinski definition) is 3. The molecule has 0 atom stereocenters. The van der Waals surface area contributed by atoms with Crippen molar-refractivity contribution in [2.75, 3.05) is 10.6 Å². The van der Waals surface area contributed by atoms with Crippen LogP contribution in [-0.2, 0) is 0 Å². The van der Waals surface area contributed by atoms with E-state index in [4.69, 9.17) is 10.4 Å². The lowest BCUT2D eigenvalue weighted by Gasteiger charge is -2.08. The Labute approximate surface area is 114 Å². The van der Waals surface area contributed by atoms with Gasteiger partial charge in [-0.25, -0.2) is 9.18 Å². The van der Waals surface area contributed by atoms with Crippen molar-refractivity contribution >= 4 is 17.4 Å². The molecule has 0 fully saturated rings. The Morgan fingerprint density at radius 2 is 1.70 bits per heavy atom. The molecular weight excluding hydrogens is 261 g/mol. The molecule has 0 heterocycles. The molecule has 2 rings (SSSR count). The number of urea groups is 1. The number of halogens is 1. The third-order valence-corrected chi connectivity index (χ3v) is 2.47. The van der Waals surface area contributed by atoms with Crippen LogP contribution < -0.4 is 10.6 Å². The van der Waals surface area contributed by atoms with Crippen LogP contribution >= 0.6 is 0 Å². The fraction of sp³-hybridized carbons (Fsp3) is 0. The number of phenolic OH excluding ortho intramolecular Hbond substituents is 1. The monoisotopic (exact) mass is 271 g/mol. The van der Waals surface area contributed by atoms with Gasteiger partial charge in [0, 0.05) is 11.4 Å². The predicted octanol–water partition coefficient (Wildman–Crippen LogP) is 3.05. The Morgan fingerprint density at radius 1 is 1.10 bits per heavy atom.